The number of nitrogens with zero attached hydrogens (tertiary/aromatic N) is 2. The van der Waals surface area contributed by atoms with Crippen molar-refractivity contribution in [2.45, 2.75) is 38.6 Å². The molecule has 5 rings (SSSR count). The van der Waals surface area contributed by atoms with E-state index in [4.69, 9.17) is 4.98 Å². The zero-order valence-electron chi connectivity index (χ0n) is 18.2. The SMILES string of the molecule is O=C(Nc1ccc2c(=O)n3c(nc2c1)C(=Cc1ccccc1)CC3)[C@H]1CCCC[C@H]1C(=O)O. The first-order chi connectivity index (χ1) is 16.0. The summed E-state index contributed by atoms with van der Waals surface area (Å²) < 4.78 is 1.70. The average molecular weight is 444 g/mol. The fourth-order valence-corrected chi connectivity index (χ4v) is 4.96. The fraction of sp³-hybridized carbons (Fsp3) is 0.308. The van der Waals surface area contributed by atoms with Gasteiger partial charge in [-0.05, 0) is 54.7 Å². The summed E-state index contributed by atoms with van der Waals surface area (Å²) in [6.07, 6.45) is 5.55. The van der Waals surface area contributed by atoms with E-state index in [1.807, 2.05) is 30.3 Å². The molecule has 1 aromatic heterocycles. The Hall–Kier alpha value is -3.74. The molecule has 0 radical (unpaired) electrons. The number of benzene rings is 2. The first kappa shape index (κ1) is 21.1. The molecule has 3 aromatic rings. The standard InChI is InChI=1S/C26H25N3O4/c30-24(19-8-4-5-9-20(19)26(32)33)27-18-10-11-21-22(15-18)28-23-17(12-13-29(23)25(21)31)14-16-6-2-1-3-7-16/h1-3,6-7,10-11,14-15,19-20H,4-5,8-9,12-13H2,(H,27,30)(H,32,33)/t19-,20+/m0/s1. The van der Waals surface area contributed by atoms with Crippen molar-refractivity contribution in [1.29, 1.82) is 0 Å². The molecular weight excluding hydrogens is 418 g/mol. The van der Waals surface area contributed by atoms with Gasteiger partial charge in [-0.2, -0.15) is 0 Å². The van der Waals surface area contributed by atoms with E-state index >= 15 is 0 Å². The lowest BCUT2D eigenvalue weighted by Crippen LogP contribution is -2.36. The van der Waals surface area contributed by atoms with Crippen molar-refractivity contribution in [3.8, 4) is 0 Å². The Labute approximate surface area is 190 Å². The zero-order valence-corrected chi connectivity index (χ0v) is 18.2. The summed E-state index contributed by atoms with van der Waals surface area (Å²) in [6, 6.07) is 15.0. The normalized spacial score (nSPS) is 21.2. The van der Waals surface area contributed by atoms with Gasteiger partial charge in [-0.1, -0.05) is 43.2 Å². The lowest BCUT2D eigenvalue weighted by atomic mass is 9.78. The summed E-state index contributed by atoms with van der Waals surface area (Å²) in [5, 5.41) is 12.8. The number of hydrogen-bond donors (Lipinski definition) is 2. The van der Waals surface area contributed by atoms with Crippen LogP contribution in [0.4, 0.5) is 5.69 Å². The van der Waals surface area contributed by atoms with Crippen LogP contribution in [0.2, 0.25) is 0 Å². The number of rotatable bonds is 4. The quantitative estimate of drug-likeness (QED) is 0.630. The van der Waals surface area contributed by atoms with Crippen LogP contribution < -0.4 is 10.9 Å². The maximum atomic E-state index is 13.1. The Kier molecular flexibility index (Phi) is 5.54. The highest BCUT2D eigenvalue weighted by molar-refractivity contribution is 5.97. The maximum Gasteiger partial charge on any atom is 0.307 e. The number of carboxylic acids is 1. The van der Waals surface area contributed by atoms with Gasteiger partial charge in [0.15, 0.2) is 0 Å². The number of amides is 1. The Morgan fingerprint density at radius 3 is 2.58 bits per heavy atom. The summed E-state index contributed by atoms with van der Waals surface area (Å²) in [6.45, 7) is 0.590. The number of nitrogens with one attached hydrogen (secondary N) is 1. The molecule has 1 amide bonds. The Balaban J connectivity index is 1.47. The molecule has 1 saturated carbocycles. The molecule has 0 bridgehead atoms. The van der Waals surface area contributed by atoms with Gasteiger partial charge >= 0.3 is 5.97 Å². The number of allylic oxidation sites excluding steroid dienone is 1. The number of carbonyl (C=O) groups is 2. The largest absolute Gasteiger partial charge is 0.481 e. The van der Waals surface area contributed by atoms with Crippen molar-refractivity contribution >= 4 is 40.1 Å². The number of aromatic nitrogens is 2. The van der Waals surface area contributed by atoms with Crippen molar-refractivity contribution < 1.29 is 14.7 Å². The van der Waals surface area contributed by atoms with Crippen LogP contribution in [0.15, 0.2) is 53.3 Å². The molecule has 0 saturated heterocycles. The molecule has 168 valence electrons. The van der Waals surface area contributed by atoms with Crippen LogP contribution in [0, 0.1) is 11.8 Å². The van der Waals surface area contributed by atoms with Crippen molar-refractivity contribution in [3.63, 3.8) is 0 Å². The van der Waals surface area contributed by atoms with Gasteiger partial charge in [-0.3, -0.25) is 19.0 Å². The molecule has 2 aliphatic rings. The molecule has 0 spiro atoms. The Morgan fingerprint density at radius 2 is 1.82 bits per heavy atom. The zero-order chi connectivity index (χ0) is 22.9. The number of fused-ring (bicyclic) bond motifs is 2. The third-order valence-electron chi connectivity index (χ3n) is 6.68. The highest BCUT2D eigenvalue weighted by Gasteiger charge is 2.35. The average Bonchev–Trinajstić information content (AvgIpc) is 3.22. The summed E-state index contributed by atoms with van der Waals surface area (Å²) in [7, 11) is 0. The van der Waals surface area contributed by atoms with E-state index < -0.39 is 17.8 Å². The fourth-order valence-electron chi connectivity index (χ4n) is 4.96. The number of carbonyl (C=O) groups excluding carboxylic acids is 1. The first-order valence-electron chi connectivity index (χ1n) is 11.4. The number of anilines is 1. The minimum Gasteiger partial charge on any atom is -0.481 e. The van der Waals surface area contributed by atoms with Crippen LogP contribution in [0.25, 0.3) is 22.6 Å². The lowest BCUT2D eigenvalue weighted by molar-refractivity contribution is -0.147. The molecule has 1 fully saturated rings. The van der Waals surface area contributed by atoms with Gasteiger partial charge in [-0.25, -0.2) is 4.98 Å². The van der Waals surface area contributed by atoms with E-state index in [-0.39, 0.29) is 11.5 Å². The second kappa shape index (κ2) is 8.65. The second-order valence-corrected chi connectivity index (χ2v) is 8.78. The lowest BCUT2D eigenvalue weighted by Gasteiger charge is -2.27. The minimum absolute atomic E-state index is 0.0949. The third kappa shape index (κ3) is 4.06. The van der Waals surface area contributed by atoms with E-state index in [1.54, 1.807) is 22.8 Å². The van der Waals surface area contributed by atoms with Gasteiger partial charge in [-0.15, -0.1) is 0 Å². The second-order valence-electron chi connectivity index (χ2n) is 8.78. The highest BCUT2D eigenvalue weighted by atomic mass is 16.4. The molecular formula is C26H25N3O4. The van der Waals surface area contributed by atoms with Crippen LogP contribution in [0.1, 0.15) is 43.5 Å². The predicted molar refractivity (Wildman–Crippen MR) is 127 cm³/mol. The smallest absolute Gasteiger partial charge is 0.307 e. The monoisotopic (exact) mass is 443 g/mol. The van der Waals surface area contributed by atoms with Gasteiger partial charge in [0.1, 0.15) is 5.82 Å². The molecule has 2 atom stereocenters. The van der Waals surface area contributed by atoms with Crippen LogP contribution in [0.5, 0.6) is 0 Å². The molecule has 2 N–H and O–H groups in total. The van der Waals surface area contributed by atoms with Gasteiger partial charge < -0.3 is 10.4 Å². The number of carboxylic acid groups (broad SMARTS) is 1. The number of aliphatic carboxylic acids is 1. The molecule has 7 heteroatoms. The van der Waals surface area contributed by atoms with Crippen LogP contribution >= 0.6 is 0 Å². The summed E-state index contributed by atoms with van der Waals surface area (Å²) >= 11 is 0. The van der Waals surface area contributed by atoms with E-state index in [0.29, 0.717) is 41.8 Å². The topological polar surface area (TPSA) is 101 Å². The molecule has 33 heavy (non-hydrogen) atoms. The number of hydrogen-bond acceptors (Lipinski definition) is 4. The van der Waals surface area contributed by atoms with E-state index in [9.17, 15) is 19.5 Å². The summed E-state index contributed by atoms with van der Waals surface area (Å²) in [5.41, 5.74) is 2.99. The van der Waals surface area contributed by atoms with Crippen molar-refractivity contribution in [2.24, 2.45) is 11.8 Å². The molecule has 2 heterocycles. The van der Waals surface area contributed by atoms with E-state index in [0.717, 1.165) is 30.4 Å². The highest BCUT2D eigenvalue weighted by Crippen LogP contribution is 2.32. The van der Waals surface area contributed by atoms with Gasteiger partial charge in [0.25, 0.3) is 5.56 Å². The third-order valence-corrected chi connectivity index (χ3v) is 6.68. The van der Waals surface area contributed by atoms with Gasteiger partial charge in [0.2, 0.25) is 5.91 Å². The first-order valence-corrected chi connectivity index (χ1v) is 11.4. The van der Waals surface area contributed by atoms with E-state index in [1.165, 1.54) is 0 Å². The van der Waals surface area contributed by atoms with Crippen molar-refractivity contribution in [3.05, 3.63) is 70.3 Å². The van der Waals surface area contributed by atoms with Crippen LogP contribution in [0.3, 0.4) is 0 Å². The molecule has 2 aromatic carbocycles. The summed E-state index contributed by atoms with van der Waals surface area (Å²) in [4.78, 5) is 42.3. The van der Waals surface area contributed by atoms with E-state index in [2.05, 4.69) is 11.4 Å². The Bertz CT molecular complexity index is 1330. The molecule has 0 unspecified atom stereocenters. The molecule has 1 aliphatic heterocycles. The van der Waals surface area contributed by atoms with Crippen LogP contribution in [-0.2, 0) is 16.1 Å². The predicted octanol–water partition coefficient (Wildman–Crippen LogP) is 4.17. The summed E-state index contributed by atoms with van der Waals surface area (Å²) in [5.74, 6) is -1.76. The van der Waals surface area contributed by atoms with Gasteiger partial charge in [0, 0.05) is 12.2 Å². The maximum absolute atomic E-state index is 13.1. The minimum atomic E-state index is -0.920. The van der Waals surface area contributed by atoms with Crippen molar-refractivity contribution in [2.75, 3.05) is 5.32 Å². The Morgan fingerprint density at radius 1 is 1.06 bits per heavy atom. The van der Waals surface area contributed by atoms with Crippen molar-refractivity contribution in [1.82, 2.24) is 9.55 Å². The van der Waals surface area contributed by atoms with Gasteiger partial charge in [0.05, 0.1) is 22.7 Å². The molecule has 1 aliphatic carbocycles. The van der Waals surface area contributed by atoms with Crippen LogP contribution in [-0.4, -0.2) is 26.5 Å². The molecule has 7 nitrogen and oxygen atoms in total.